The van der Waals surface area contributed by atoms with Crippen molar-refractivity contribution in [3.05, 3.63) is 52.8 Å². The van der Waals surface area contributed by atoms with E-state index >= 15 is 0 Å². The van der Waals surface area contributed by atoms with Crippen LogP contribution in [0.4, 0.5) is 0 Å². The molecule has 0 spiro atoms. The molecule has 30 heavy (non-hydrogen) atoms. The second-order valence-corrected chi connectivity index (χ2v) is 9.63. The van der Waals surface area contributed by atoms with Crippen LogP contribution in [-0.4, -0.2) is 28.3 Å². The lowest BCUT2D eigenvalue weighted by molar-refractivity contribution is -0.164. The Morgan fingerprint density at radius 1 is 1.13 bits per heavy atom. The molecule has 1 N–H and O–H groups in total. The number of carbonyl (C=O) groups is 1. The summed E-state index contributed by atoms with van der Waals surface area (Å²) in [4.78, 5) is 12.8. The summed E-state index contributed by atoms with van der Waals surface area (Å²) in [7, 11) is 0. The van der Waals surface area contributed by atoms with Crippen LogP contribution in [0.5, 0.6) is 5.75 Å². The Kier molecular flexibility index (Phi) is 5.60. The van der Waals surface area contributed by atoms with Crippen molar-refractivity contribution < 1.29 is 9.53 Å². The molecule has 0 bridgehead atoms. The van der Waals surface area contributed by atoms with E-state index in [1.165, 1.54) is 0 Å². The van der Waals surface area contributed by atoms with E-state index in [4.69, 9.17) is 10.00 Å². The molecule has 1 aliphatic rings. The van der Waals surface area contributed by atoms with E-state index in [1.807, 2.05) is 39.0 Å². The minimum Gasteiger partial charge on any atom is -0.489 e. The van der Waals surface area contributed by atoms with E-state index in [0.29, 0.717) is 11.3 Å². The Morgan fingerprint density at radius 3 is 2.30 bits per heavy atom. The third-order valence-corrected chi connectivity index (χ3v) is 6.20. The minimum atomic E-state index is -0.285. The van der Waals surface area contributed by atoms with Gasteiger partial charge in [0.05, 0.1) is 17.3 Å². The molecule has 1 aliphatic carbocycles. The Morgan fingerprint density at radius 2 is 1.80 bits per heavy atom. The summed E-state index contributed by atoms with van der Waals surface area (Å²) in [5.74, 6) is 0.775. The van der Waals surface area contributed by atoms with E-state index in [-0.39, 0.29) is 34.8 Å². The van der Waals surface area contributed by atoms with Crippen LogP contribution in [0.2, 0.25) is 0 Å². The summed E-state index contributed by atoms with van der Waals surface area (Å²) < 4.78 is 6.33. The molecule has 0 radical (unpaired) electrons. The number of amides is 1. The number of hydrogen-bond acceptors (Lipinski definition) is 5. The van der Waals surface area contributed by atoms with E-state index in [2.05, 4.69) is 49.3 Å². The molecule has 6 heteroatoms. The van der Waals surface area contributed by atoms with Gasteiger partial charge in [0, 0.05) is 16.9 Å². The van der Waals surface area contributed by atoms with E-state index in [1.54, 1.807) is 12.1 Å². The van der Waals surface area contributed by atoms with Crippen molar-refractivity contribution in [1.29, 1.82) is 5.26 Å². The number of nitrogens with zero attached hydrogens (tertiary/aromatic N) is 3. The fourth-order valence-corrected chi connectivity index (χ4v) is 4.75. The van der Waals surface area contributed by atoms with E-state index in [0.717, 1.165) is 17.0 Å². The van der Waals surface area contributed by atoms with Crippen molar-refractivity contribution in [3.8, 4) is 11.8 Å². The van der Waals surface area contributed by atoms with Crippen molar-refractivity contribution in [2.75, 3.05) is 0 Å². The standard InChI is InChI=1S/C24H30N4O2/c1-14(2)18-10-11-19(28-27-18)20(29)26-21-23(4,5)22(24(21,6)7)30-17-9-8-16(13-25)15(3)12-17/h8-12,14,21-22H,1-7H3,(H,26,29). The molecule has 0 atom stereocenters. The van der Waals surface area contributed by atoms with Gasteiger partial charge in [0.25, 0.3) is 5.91 Å². The van der Waals surface area contributed by atoms with Crippen LogP contribution in [-0.2, 0) is 0 Å². The third kappa shape index (κ3) is 3.77. The highest BCUT2D eigenvalue weighted by Crippen LogP contribution is 2.55. The third-order valence-electron chi connectivity index (χ3n) is 6.20. The van der Waals surface area contributed by atoms with Gasteiger partial charge in [-0.15, -0.1) is 5.10 Å². The molecule has 1 fully saturated rings. The molecule has 6 nitrogen and oxygen atoms in total. The Balaban J connectivity index is 1.74. The first-order valence-corrected chi connectivity index (χ1v) is 10.3. The number of ether oxygens (including phenoxy) is 1. The van der Waals surface area contributed by atoms with Gasteiger partial charge in [-0.25, -0.2) is 0 Å². The maximum Gasteiger partial charge on any atom is 0.272 e. The molecule has 0 unspecified atom stereocenters. The lowest BCUT2D eigenvalue weighted by Gasteiger charge is -2.63. The van der Waals surface area contributed by atoms with E-state index in [9.17, 15) is 4.79 Å². The van der Waals surface area contributed by atoms with Gasteiger partial charge < -0.3 is 10.1 Å². The fraction of sp³-hybridized carbons (Fsp3) is 0.500. The monoisotopic (exact) mass is 406 g/mol. The Hall–Kier alpha value is -2.94. The van der Waals surface area contributed by atoms with Gasteiger partial charge in [-0.1, -0.05) is 41.5 Å². The molecular formula is C24H30N4O2. The van der Waals surface area contributed by atoms with Crippen LogP contribution in [0.15, 0.2) is 30.3 Å². The first-order valence-electron chi connectivity index (χ1n) is 10.3. The SMILES string of the molecule is Cc1cc(OC2C(C)(C)C(NC(=O)c3ccc(C(C)C)nn3)C2(C)C)ccc1C#N. The molecule has 0 aliphatic heterocycles. The fourth-order valence-electron chi connectivity index (χ4n) is 4.75. The number of benzene rings is 1. The first kappa shape index (κ1) is 21.8. The van der Waals surface area contributed by atoms with Crippen LogP contribution in [0.1, 0.15) is 74.8 Å². The van der Waals surface area contributed by atoms with Crippen LogP contribution in [0, 0.1) is 29.1 Å². The van der Waals surface area contributed by atoms with Crippen molar-refractivity contribution in [1.82, 2.24) is 15.5 Å². The summed E-state index contributed by atoms with van der Waals surface area (Å²) >= 11 is 0. The molecule has 1 amide bonds. The highest BCUT2D eigenvalue weighted by Gasteiger charge is 2.64. The van der Waals surface area contributed by atoms with Gasteiger partial charge in [0.1, 0.15) is 11.9 Å². The number of hydrogen-bond donors (Lipinski definition) is 1. The summed E-state index contributed by atoms with van der Waals surface area (Å²) in [5, 5.41) is 20.5. The molecular weight excluding hydrogens is 376 g/mol. The van der Waals surface area contributed by atoms with Gasteiger partial charge in [-0.05, 0) is 48.7 Å². The number of carbonyl (C=O) groups excluding carboxylic acids is 1. The summed E-state index contributed by atoms with van der Waals surface area (Å²) in [6, 6.07) is 11.2. The average molecular weight is 407 g/mol. The average Bonchev–Trinajstić information content (AvgIpc) is 2.69. The van der Waals surface area contributed by atoms with Gasteiger partial charge in [0.15, 0.2) is 5.69 Å². The van der Waals surface area contributed by atoms with Crippen molar-refractivity contribution >= 4 is 5.91 Å². The number of aromatic nitrogens is 2. The normalized spacial score (nSPS) is 21.4. The first-order chi connectivity index (χ1) is 14.0. The van der Waals surface area contributed by atoms with E-state index < -0.39 is 0 Å². The number of nitrogens with one attached hydrogen (secondary N) is 1. The molecule has 2 aromatic rings. The molecule has 1 saturated carbocycles. The molecule has 1 heterocycles. The zero-order chi connectivity index (χ0) is 22.3. The predicted octanol–water partition coefficient (Wildman–Crippen LogP) is 4.39. The van der Waals surface area contributed by atoms with Crippen molar-refractivity contribution in [3.63, 3.8) is 0 Å². The summed E-state index contributed by atoms with van der Waals surface area (Å²) in [6.45, 7) is 14.4. The number of nitriles is 1. The molecule has 1 aromatic heterocycles. The van der Waals surface area contributed by atoms with Crippen LogP contribution in [0.3, 0.4) is 0 Å². The highest BCUT2D eigenvalue weighted by atomic mass is 16.5. The molecule has 0 saturated heterocycles. The zero-order valence-corrected chi connectivity index (χ0v) is 18.8. The smallest absolute Gasteiger partial charge is 0.272 e. The Labute approximate surface area is 178 Å². The number of aryl methyl sites for hydroxylation is 1. The molecule has 158 valence electrons. The predicted molar refractivity (Wildman–Crippen MR) is 115 cm³/mol. The highest BCUT2D eigenvalue weighted by molar-refractivity contribution is 5.92. The quantitative estimate of drug-likeness (QED) is 0.795. The second-order valence-electron chi connectivity index (χ2n) is 9.63. The second kappa shape index (κ2) is 7.71. The van der Waals surface area contributed by atoms with Crippen molar-refractivity contribution in [2.45, 2.75) is 66.5 Å². The maximum absolute atomic E-state index is 12.8. The lowest BCUT2D eigenvalue weighted by Crippen LogP contribution is -2.74. The van der Waals surface area contributed by atoms with Crippen molar-refractivity contribution in [2.24, 2.45) is 10.8 Å². The Bertz CT molecular complexity index is 971. The van der Waals surface area contributed by atoms with Crippen LogP contribution in [0.25, 0.3) is 0 Å². The molecule has 3 rings (SSSR count). The molecule has 1 aromatic carbocycles. The number of rotatable bonds is 5. The van der Waals surface area contributed by atoms with Gasteiger partial charge in [0.2, 0.25) is 0 Å². The minimum absolute atomic E-state index is 0.0893. The summed E-state index contributed by atoms with van der Waals surface area (Å²) in [6.07, 6.45) is -0.1000. The van der Waals surface area contributed by atoms with Gasteiger partial charge >= 0.3 is 0 Å². The van der Waals surface area contributed by atoms with Crippen LogP contribution < -0.4 is 10.1 Å². The summed E-state index contributed by atoms with van der Waals surface area (Å²) in [5.41, 5.74) is 2.14. The zero-order valence-electron chi connectivity index (χ0n) is 18.8. The maximum atomic E-state index is 12.8. The lowest BCUT2D eigenvalue weighted by atomic mass is 9.49. The largest absolute Gasteiger partial charge is 0.489 e. The van der Waals surface area contributed by atoms with Gasteiger partial charge in [-0.3, -0.25) is 4.79 Å². The topological polar surface area (TPSA) is 87.9 Å². The van der Waals surface area contributed by atoms with Gasteiger partial charge in [-0.2, -0.15) is 10.4 Å². The van der Waals surface area contributed by atoms with Crippen LogP contribution >= 0.6 is 0 Å².